The summed E-state index contributed by atoms with van der Waals surface area (Å²) in [5, 5.41) is 5.46. The van der Waals surface area contributed by atoms with E-state index >= 15 is 0 Å². The van der Waals surface area contributed by atoms with Gasteiger partial charge in [0.1, 0.15) is 18.3 Å². The number of unbranched alkanes of at least 4 members (excludes halogenated alkanes) is 2. The van der Waals surface area contributed by atoms with Gasteiger partial charge in [-0.05, 0) is 30.5 Å². The van der Waals surface area contributed by atoms with Crippen LogP contribution in [0.2, 0.25) is 0 Å². The molecule has 0 fully saturated rings. The van der Waals surface area contributed by atoms with Crippen LogP contribution < -0.4 is 16.4 Å². The molecule has 0 aliphatic carbocycles. The summed E-state index contributed by atoms with van der Waals surface area (Å²) < 4.78 is 5.47. The summed E-state index contributed by atoms with van der Waals surface area (Å²) in [5.74, 6) is -1.66. The average molecular weight is 478 g/mol. The predicted octanol–water partition coefficient (Wildman–Crippen LogP) is 2.35. The molecule has 3 rings (SSSR count). The number of amides is 2. The van der Waals surface area contributed by atoms with Gasteiger partial charge in [0.2, 0.25) is 0 Å². The minimum Gasteiger partial charge on any atom is -0.459 e. The number of nitrogens with zero attached hydrogens (tertiary/aromatic N) is 1. The standard InChI is InChI=1S/C26H31N5O4/c27-14-8-3-9-15-28-24(32)22-23(30-18-29-22)25(33)31-21(16-19-10-4-1-5-11-19)26(34)35-17-20-12-6-2-7-13-20/h1-2,4-7,10-13,18,21H,3,8-9,14-17,27H2,(H,28,32)(H,29,30)(H,31,33). The van der Waals surface area contributed by atoms with Crippen LogP contribution in [-0.2, 0) is 22.6 Å². The first-order valence-electron chi connectivity index (χ1n) is 11.7. The first-order valence-corrected chi connectivity index (χ1v) is 11.7. The van der Waals surface area contributed by atoms with Crippen molar-refractivity contribution in [2.75, 3.05) is 13.1 Å². The van der Waals surface area contributed by atoms with Crippen molar-refractivity contribution in [3.8, 4) is 0 Å². The second kappa shape index (κ2) is 13.7. The zero-order valence-corrected chi connectivity index (χ0v) is 19.5. The number of carbonyl (C=O) groups is 3. The van der Waals surface area contributed by atoms with Crippen molar-refractivity contribution in [2.24, 2.45) is 5.73 Å². The van der Waals surface area contributed by atoms with Gasteiger partial charge in [0.25, 0.3) is 11.8 Å². The molecular weight excluding hydrogens is 446 g/mol. The van der Waals surface area contributed by atoms with Crippen LogP contribution in [0.25, 0.3) is 0 Å². The van der Waals surface area contributed by atoms with E-state index in [1.807, 2.05) is 60.7 Å². The van der Waals surface area contributed by atoms with E-state index < -0.39 is 23.8 Å². The highest BCUT2D eigenvalue weighted by atomic mass is 16.5. The number of esters is 1. The Balaban J connectivity index is 1.66. The summed E-state index contributed by atoms with van der Waals surface area (Å²) in [4.78, 5) is 45.2. The Morgan fingerprint density at radius 1 is 0.914 bits per heavy atom. The van der Waals surface area contributed by atoms with Gasteiger partial charge >= 0.3 is 5.97 Å². The van der Waals surface area contributed by atoms with Crippen LogP contribution in [0.3, 0.4) is 0 Å². The van der Waals surface area contributed by atoms with Gasteiger partial charge in [-0.25, -0.2) is 9.78 Å². The van der Waals surface area contributed by atoms with Crippen molar-refractivity contribution >= 4 is 17.8 Å². The molecule has 0 bridgehead atoms. The van der Waals surface area contributed by atoms with Crippen LogP contribution in [0.5, 0.6) is 0 Å². The van der Waals surface area contributed by atoms with E-state index in [2.05, 4.69) is 20.6 Å². The van der Waals surface area contributed by atoms with Gasteiger partial charge in [-0.1, -0.05) is 67.1 Å². The van der Waals surface area contributed by atoms with E-state index in [4.69, 9.17) is 10.5 Å². The highest BCUT2D eigenvalue weighted by molar-refractivity contribution is 6.05. The van der Waals surface area contributed by atoms with E-state index in [9.17, 15) is 14.4 Å². The van der Waals surface area contributed by atoms with Crippen molar-refractivity contribution in [2.45, 2.75) is 38.3 Å². The molecule has 2 aromatic carbocycles. The van der Waals surface area contributed by atoms with Crippen LogP contribution in [-0.4, -0.2) is 46.9 Å². The summed E-state index contributed by atoms with van der Waals surface area (Å²) in [7, 11) is 0. The number of H-pyrrole nitrogens is 1. The van der Waals surface area contributed by atoms with Gasteiger partial charge in [0.05, 0.1) is 6.33 Å². The lowest BCUT2D eigenvalue weighted by atomic mass is 10.1. The number of aromatic nitrogens is 2. The predicted molar refractivity (Wildman–Crippen MR) is 131 cm³/mol. The fourth-order valence-electron chi connectivity index (χ4n) is 3.47. The number of nitrogens with one attached hydrogen (secondary N) is 3. The Kier molecular flexibility index (Phi) is 10.0. The average Bonchev–Trinajstić information content (AvgIpc) is 3.38. The van der Waals surface area contributed by atoms with Gasteiger partial charge in [0, 0.05) is 13.0 Å². The number of rotatable bonds is 13. The first kappa shape index (κ1) is 25.6. The molecule has 35 heavy (non-hydrogen) atoms. The molecule has 2 amide bonds. The molecule has 0 aliphatic heterocycles. The van der Waals surface area contributed by atoms with Crippen LogP contribution >= 0.6 is 0 Å². The van der Waals surface area contributed by atoms with Gasteiger partial charge in [-0.3, -0.25) is 9.59 Å². The molecule has 5 N–H and O–H groups in total. The molecule has 184 valence electrons. The maximum absolute atomic E-state index is 13.0. The lowest BCUT2D eigenvalue weighted by Crippen LogP contribution is -2.44. The molecule has 0 saturated carbocycles. The number of nitrogens with two attached hydrogens (primary N) is 1. The van der Waals surface area contributed by atoms with E-state index in [1.165, 1.54) is 6.33 Å². The lowest BCUT2D eigenvalue weighted by molar-refractivity contribution is -0.147. The number of hydrogen-bond donors (Lipinski definition) is 4. The molecule has 1 unspecified atom stereocenters. The van der Waals surface area contributed by atoms with E-state index in [-0.39, 0.29) is 24.4 Å². The van der Waals surface area contributed by atoms with Gasteiger partial charge < -0.3 is 26.1 Å². The zero-order chi connectivity index (χ0) is 24.9. The summed E-state index contributed by atoms with van der Waals surface area (Å²) in [6.07, 6.45) is 4.08. The monoisotopic (exact) mass is 477 g/mol. The third-order valence-corrected chi connectivity index (χ3v) is 5.34. The molecule has 3 aromatic rings. The normalized spacial score (nSPS) is 11.5. The van der Waals surface area contributed by atoms with Crippen LogP contribution in [0.15, 0.2) is 67.0 Å². The molecule has 0 aliphatic rings. The minimum atomic E-state index is -0.961. The number of carbonyl (C=O) groups excluding carboxylic acids is 3. The summed E-state index contributed by atoms with van der Waals surface area (Å²) in [6.45, 7) is 1.15. The van der Waals surface area contributed by atoms with Gasteiger partial charge in [-0.2, -0.15) is 0 Å². The molecule has 1 atom stereocenters. The van der Waals surface area contributed by atoms with Crippen molar-refractivity contribution in [1.82, 2.24) is 20.6 Å². The highest BCUT2D eigenvalue weighted by Crippen LogP contribution is 2.10. The number of ether oxygens (including phenoxy) is 1. The number of hydrogen-bond acceptors (Lipinski definition) is 6. The van der Waals surface area contributed by atoms with Crippen LogP contribution in [0.1, 0.15) is 51.4 Å². The van der Waals surface area contributed by atoms with Gasteiger partial charge in [0.15, 0.2) is 5.69 Å². The number of benzene rings is 2. The molecule has 0 radical (unpaired) electrons. The Hall–Kier alpha value is -3.98. The fraction of sp³-hybridized carbons (Fsp3) is 0.308. The van der Waals surface area contributed by atoms with Crippen molar-refractivity contribution in [1.29, 1.82) is 0 Å². The maximum atomic E-state index is 13.0. The summed E-state index contributed by atoms with van der Waals surface area (Å²) in [5.41, 5.74) is 7.13. The molecule has 0 saturated heterocycles. The van der Waals surface area contributed by atoms with E-state index in [1.54, 1.807) is 0 Å². The maximum Gasteiger partial charge on any atom is 0.329 e. The smallest absolute Gasteiger partial charge is 0.329 e. The quantitative estimate of drug-likeness (QED) is 0.220. The lowest BCUT2D eigenvalue weighted by Gasteiger charge is -2.18. The molecule has 1 heterocycles. The third-order valence-electron chi connectivity index (χ3n) is 5.34. The SMILES string of the molecule is NCCCCCNC(=O)c1[nH]cnc1C(=O)NC(Cc1ccccc1)C(=O)OCc1ccccc1. The van der Waals surface area contributed by atoms with Crippen molar-refractivity contribution in [3.05, 3.63) is 89.5 Å². The zero-order valence-electron chi connectivity index (χ0n) is 19.5. The molecular formula is C26H31N5O4. The van der Waals surface area contributed by atoms with Crippen LogP contribution in [0, 0.1) is 0 Å². The molecule has 9 nitrogen and oxygen atoms in total. The second-order valence-corrected chi connectivity index (χ2v) is 8.04. The summed E-state index contributed by atoms with van der Waals surface area (Å²) >= 11 is 0. The van der Waals surface area contributed by atoms with Crippen molar-refractivity contribution in [3.63, 3.8) is 0 Å². The number of aromatic amines is 1. The molecule has 1 aromatic heterocycles. The minimum absolute atomic E-state index is 0.0393. The molecule has 0 spiro atoms. The van der Waals surface area contributed by atoms with E-state index in [0.717, 1.165) is 30.4 Å². The van der Waals surface area contributed by atoms with Crippen molar-refractivity contribution < 1.29 is 19.1 Å². The summed E-state index contributed by atoms with van der Waals surface area (Å²) in [6, 6.07) is 17.6. The Morgan fingerprint density at radius 2 is 1.60 bits per heavy atom. The topological polar surface area (TPSA) is 139 Å². The Morgan fingerprint density at radius 3 is 2.29 bits per heavy atom. The van der Waals surface area contributed by atoms with Crippen LogP contribution in [0.4, 0.5) is 0 Å². The van der Waals surface area contributed by atoms with Gasteiger partial charge in [-0.15, -0.1) is 0 Å². The fourth-order valence-corrected chi connectivity index (χ4v) is 3.47. The number of imidazole rings is 1. The largest absolute Gasteiger partial charge is 0.459 e. The highest BCUT2D eigenvalue weighted by Gasteiger charge is 2.27. The third kappa shape index (κ3) is 8.08. The Bertz CT molecular complexity index is 1090. The Labute approximate surface area is 204 Å². The second-order valence-electron chi connectivity index (χ2n) is 8.04. The van der Waals surface area contributed by atoms with E-state index in [0.29, 0.717) is 13.1 Å². The molecule has 9 heteroatoms. The first-order chi connectivity index (χ1) is 17.1.